The van der Waals surface area contributed by atoms with Gasteiger partial charge in [-0.25, -0.2) is 9.59 Å². The van der Waals surface area contributed by atoms with Gasteiger partial charge >= 0.3 is 11.9 Å². The molecule has 3 N–H and O–H groups in total. The monoisotopic (exact) mass is 808 g/mol. The van der Waals surface area contributed by atoms with Gasteiger partial charge in [-0.1, -0.05) is 46.3 Å². The molecule has 55 heavy (non-hydrogen) atoms. The van der Waals surface area contributed by atoms with Crippen molar-refractivity contribution in [2.45, 2.75) is 123 Å². The van der Waals surface area contributed by atoms with Crippen LogP contribution in [-0.4, -0.2) is 82.2 Å². The fraction of sp³-hybridized carbons (Fsp3) is 0.575. The predicted octanol–water partition coefficient (Wildman–Crippen LogP) is 9.79. The first-order valence-corrected chi connectivity index (χ1v) is 30.3. The van der Waals surface area contributed by atoms with Crippen molar-refractivity contribution < 1.29 is 27.9 Å². The van der Waals surface area contributed by atoms with Crippen LogP contribution in [0.4, 0.5) is 29.2 Å². The minimum atomic E-state index is -2.28. The molecular weight excluding hydrogens is 745 g/mol. The van der Waals surface area contributed by atoms with Crippen molar-refractivity contribution in [3.8, 4) is 0 Å². The van der Waals surface area contributed by atoms with E-state index in [-0.39, 0.29) is 17.2 Å². The highest BCUT2D eigenvalue weighted by atomic mass is 29.3. The first-order chi connectivity index (χ1) is 26.1. The van der Waals surface area contributed by atoms with Crippen molar-refractivity contribution >= 4 is 64.9 Å². The number of aromatic nitrogens is 3. The Bertz CT molecular complexity index is 1590. The molecular formula is C40H64N6O6Si3. The topological polar surface area (TPSA) is 146 Å². The van der Waals surface area contributed by atoms with Gasteiger partial charge in [-0.05, 0) is 120 Å². The molecule has 1 aromatic heterocycles. The molecule has 1 aliphatic heterocycles. The van der Waals surface area contributed by atoms with Gasteiger partial charge in [0, 0.05) is 24.5 Å². The molecule has 1 aliphatic rings. The number of anilines is 5. The number of nitrogens with one attached hydrogen (secondary N) is 3. The summed E-state index contributed by atoms with van der Waals surface area (Å²) in [6, 6.07) is 14.1. The zero-order valence-corrected chi connectivity index (χ0v) is 37.6. The van der Waals surface area contributed by atoms with E-state index in [9.17, 15) is 9.59 Å². The van der Waals surface area contributed by atoms with E-state index in [1.54, 1.807) is 48.5 Å². The summed E-state index contributed by atoms with van der Waals surface area (Å²) in [5.74, 6) is 0.360. The van der Waals surface area contributed by atoms with Crippen LogP contribution in [0.1, 0.15) is 92.4 Å². The predicted molar refractivity (Wildman–Crippen MR) is 229 cm³/mol. The van der Waals surface area contributed by atoms with Crippen molar-refractivity contribution in [2.24, 2.45) is 0 Å². The zero-order chi connectivity index (χ0) is 40.1. The number of benzene rings is 2. The zero-order valence-electron chi connectivity index (χ0n) is 34.6. The molecule has 12 nitrogen and oxygen atoms in total. The van der Waals surface area contributed by atoms with E-state index in [1.807, 2.05) is 0 Å². The van der Waals surface area contributed by atoms with Crippen molar-refractivity contribution in [1.29, 1.82) is 0 Å². The molecule has 1 saturated heterocycles. The maximum absolute atomic E-state index is 12.5. The fourth-order valence-corrected chi connectivity index (χ4v) is 27.3. The molecule has 2 aromatic carbocycles. The normalized spacial score (nSPS) is 17.2. The second kappa shape index (κ2) is 20.0. The maximum Gasteiger partial charge on any atom is 0.338 e. The van der Waals surface area contributed by atoms with Gasteiger partial charge in [0.2, 0.25) is 17.8 Å². The molecule has 302 valence electrons. The molecule has 15 heteroatoms. The third-order valence-corrected chi connectivity index (χ3v) is 30.3. The summed E-state index contributed by atoms with van der Waals surface area (Å²) in [6.07, 6.45) is 8.65. The number of carbonyl (C=O) groups is 2. The Labute approximate surface area is 331 Å². The van der Waals surface area contributed by atoms with Crippen LogP contribution in [0, 0.1) is 0 Å². The minimum Gasteiger partial charge on any atom is -0.462 e. The van der Waals surface area contributed by atoms with Crippen LogP contribution in [0.5, 0.6) is 0 Å². The third-order valence-electron chi connectivity index (χ3n) is 10.1. The van der Waals surface area contributed by atoms with Crippen LogP contribution in [-0.2, 0) is 18.3 Å². The van der Waals surface area contributed by atoms with Crippen LogP contribution >= 0.6 is 0 Å². The number of rotatable bonds is 21. The van der Waals surface area contributed by atoms with Gasteiger partial charge in [0.25, 0.3) is 0 Å². The molecule has 0 aliphatic carbocycles. The highest BCUT2D eigenvalue weighted by Crippen LogP contribution is 2.44. The van der Waals surface area contributed by atoms with Gasteiger partial charge < -0.3 is 34.3 Å². The van der Waals surface area contributed by atoms with E-state index in [0.29, 0.717) is 60.1 Å². The summed E-state index contributed by atoms with van der Waals surface area (Å²) in [6.45, 7) is 23.1. The summed E-state index contributed by atoms with van der Waals surface area (Å²) in [5.41, 5.74) is 2.35. The number of unbranched alkanes of at least 4 members (excludes halogenated alkanes) is 2. The standard InChI is InChI=1S/C40H64N6O6Si3/c1-10-12-28-49-35(47)31-17-21-33(22-18-31)42-38-44-37(45-39(46-38)43-34-23-19-32(20-24-34)36(48)50-29-13-11-2)41-27-16-26-40(25-14-15-30-51-40)55(9,54(6,7)8)52-53(3,4)5/h17-24H,10-16,25-30H2,1-9H3,(H3,41,42,43,44,45,46). The smallest absolute Gasteiger partial charge is 0.338 e. The minimum absolute atomic E-state index is 0.223. The van der Waals surface area contributed by atoms with Crippen LogP contribution < -0.4 is 16.0 Å². The number of ether oxygens (including phenoxy) is 3. The Hall–Kier alpha value is -3.64. The highest BCUT2D eigenvalue weighted by Gasteiger charge is 2.61. The highest BCUT2D eigenvalue weighted by molar-refractivity contribution is 7.40. The number of hydrogen-bond donors (Lipinski definition) is 3. The molecule has 2 heterocycles. The van der Waals surface area contributed by atoms with Gasteiger partial charge in [0.15, 0.2) is 16.2 Å². The molecule has 2 unspecified atom stereocenters. The molecule has 3 aromatic rings. The Kier molecular flexibility index (Phi) is 16.0. The van der Waals surface area contributed by atoms with Gasteiger partial charge in [-0.15, -0.1) is 0 Å². The second-order valence-electron chi connectivity index (χ2n) is 16.5. The van der Waals surface area contributed by atoms with E-state index < -0.39 is 23.7 Å². The summed E-state index contributed by atoms with van der Waals surface area (Å²) >= 11 is 0. The van der Waals surface area contributed by atoms with Gasteiger partial charge in [0.1, 0.15) is 0 Å². The lowest BCUT2D eigenvalue weighted by atomic mass is 10.0. The van der Waals surface area contributed by atoms with Crippen LogP contribution in [0.15, 0.2) is 48.5 Å². The molecule has 0 radical (unpaired) electrons. The first kappa shape index (κ1) is 44.1. The summed E-state index contributed by atoms with van der Waals surface area (Å²) in [7, 11) is -5.83. The van der Waals surface area contributed by atoms with Crippen molar-refractivity contribution in [2.75, 3.05) is 42.3 Å². The van der Waals surface area contributed by atoms with Gasteiger partial charge in [-0.3, -0.25) is 0 Å². The van der Waals surface area contributed by atoms with Gasteiger partial charge in [-0.2, -0.15) is 15.0 Å². The molecule has 0 spiro atoms. The number of hydrogen-bond acceptors (Lipinski definition) is 12. The lowest BCUT2D eigenvalue weighted by molar-refractivity contribution is -0.0379. The molecule has 1 fully saturated rings. The molecule has 0 amide bonds. The van der Waals surface area contributed by atoms with Crippen LogP contribution in [0.2, 0.25) is 45.8 Å². The summed E-state index contributed by atoms with van der Waals surface area (Å²) < 4.78 is 24.9. The average Bonchev–Trinajstić information content (AvgIpc) is 3.13. The Morgan fingerprint density at radius 1 is 0.709 bits per heavy atom. The van der Waals surface area contributed by atoms with E-state index in [1.165, 1.54) is 0 Å². The Morgan fingerprint density at radius 2 is 1.20 bits per heavy atom. The molecule has 2 atom stereocenters. The molecule has 0 bridgehead atoms. The lowest BCUT2D eigenvalue weighted by Gasteiger charge is -2.56. The molecule has 4 rings (SSSR count). The molecule has 0 saturated carbocycles. The van der Waals surface area contributed by atoms with E-state index in [2.05, 4.69) is 80.6 Å². The van der Waals surface area contributed by atoms with Crippen LogP contribution in [0.25, 0.3) is 0 Å². The fourth-order valence-electron chi connectivity index (χ4n) is 6.77. The summed E-state index contributed by atoms with van der Waals surface area (Å²) in [5, 5.41) is 9.77. The number of esters is 2. The first-order valence-electron chi connectivity index (χ1n) is 20.0. The maximum atomic E-state index is 12.5. The van der Waals surface area contributed by atoms with E-state index in [4.69, 9.17) is 28.3 Å². The average molecular weight is 809 g/mol. The third kappa shape index (κ3) is 12.7. The van der Waals surface area contributed by atoms with Crippen molar-refractivity contribution in [3.05, 3.63) is 59.7 Å². The quantitative estimate of drug-likeness (QED) is 0.0535. The van der Waals surface area contributed by atoms with E-state index >= 15 is 0 Å². The lowest BCUT2D eigenvalue weighted by Crippen LogP contribution is -2.75. The second-order valence-corrected chi connectivity index (χ2v) is 36.4. The van der Waals surface area contributed by atoms with Crippen molar-refractivity contribution in [1.82, 2.24) is 15.0 Å². The summed E-state index contributed by atoms with van der Waals surface area (Å²) in [4.78, 5) is 39.0. The Morgan fingerprint density at radius 3 is 1.62 bits per heavy atom. The van der Waals surface area contributed by atoms with E-state index in [0.717, 1.165) is 64.4 Å². The van der Waals surface area contributed by atoms with Gasteiger partial charge in [0.05, 0.1) is 37.2 Å². The number of carbonyl (C=O) groups excluding carboxylic acids is 2. The Balaban J connectivity index is 1.53. The van der Waals surface area contributed by atoms with Crippen LogP contribution in [0.3, 0.4) is 0 Å². The number of nitrogens with zero attached hydrogens (tertiary/aromatic N) is 3. The largest absolute Gasteiger partial charge is 0.462 e. The van der Waals surface area contributed by atoms with Crippen molar-refractivity contribution in [3.63, 3.8) is 0 Å². The SMILES string of the molecule is CCCCOC(=O)c1ccc(Nc2nc(NCCCC3([Si](C)(O[Si](C)(C)C)[Si](C)(C)C)CCCCO3)nc(Nc3ccc(C(=O)OCCCC)cc3)n2)cc1.